The van der Waals surface area contributed by atoms with Crippen LogP contribution < -0.4 is 5.73 Å². The molecule has 0 aromatic heterocycles. The lowest BCUT2D eigenvalue weighted by molar-refractivity contribution is -0.870. The summed E-state index contributed by atoms with van der Waals surface area (Å²) in [5, 5.41) is 0. The molecular weight excluding hydrogens is 188 g/mol. The zero-order valence-corrected chi connectivity index (χ0v) is 9.26. The smallest absolute Gasteiger partial charge is 0.321 e. The van der Waals surface area contributed by atoms with Crippen molar-refractivity contribution in [3.63, 3.8) is 0 Å². The van der Waals surface area contributed by atoms with Crippen LogP contribution in [0.5, 0.6) is 0 Å². The Morgan fingerprint density at radius 2 is 2.08 bits per heavy atom. The number of esters is 1. The van der Waals surface area contributed by atoms with Crippen molar-refractivity contribution in [1.29, 1.82) is 0 Å². The molecule has 0 aliphatic rings. The first kappa shape index (κ1) is 12.7. The summed E-state index contributed by atoms with van der Waals surface area (Å²) in [7, 11) is 6.09. The van der Waals surface area contributed by atoms with E-state index in [-0.39, 0.29) is 5.75 Å². The Balaban J connectivity index is 3.60. The van der Waals surface area contributed by atoms with Crippen LogP contribution in [0.3, 0.4) is 0 Å². The minimum absolute atomic E-state index is 0.212. The zero-order chi connectivity index (χ0) is 10.5. The first-order chi connectivity index (χ1) is 5.87. The minimum Gasteiger partial charge on any atom is -0.791 e. The van der Waals surface area contributed by atoms with Crippen molar-refractivity contribution < 1.29 is 14.0 Å². The van der Waals surface area contributed by atoms with Gasteiger partial charge in [-0.05, 0) is 0 Å². The number of carbonyl (C=O) groups is 1. The topological polar surface area (TPSA) is 52.3 Å². The number of nitrogens with two attached hydrogens (primary N) is 1. The molecule has 0 rings (SSSR count). The van der Waals surface area contributed by atoms with Gasteiger partial charge < -0.3 is 27.6 Å². The van der Waals surface area contributed by atoms with Crippen LogP contribution in [0.2, 0.25) is 0 Å². The van der Waals surface area contributed by atoms with Gasteiger partial charge in [-0.25, -0.2) is 0 Å². The Hall–Kier alpha value is -0.260. The fourth-order valence-electron chi connectivity index (χ4n) is 0.595. The van der Waals surface area contributed by atoms with E-state index in [1.165, 1.54) is 0 Å². The molecule has 0 amide bonds. The van der Waals surface area contributed by atoms with E-state index in [4.69, 9.17) is 10.5 Å². The van der Waals surface area contributed by atoms with Gasteiger partial charge in [0, 0.05) is 0 Å². The third-order valence-corrected chi connectivity index (χ3v) is 1.85. The van der Waals surface area contributed by atoms with Gasteiger partial charge in [-0.3, -0.25) is 4.79 Å². The average molecular weight is 206 g/mol. The lowest BCUT2D eigenvalue weighted by Crippen LogP contribution is -2.40. The van der Waals surface area contributed by atoms with Crippen molar-refractivity contribution in [3.05, 3.63) is 0 Å². The van der Waals surface area contributed by atoms with Gasteiger partial charge in [0.15, 0.2) is 0 Å². The first-order valence-corrected chi connectivity index (χ1v) is 4.75. The second kappa shape index (κ2) is 5.47. The second-order valence-corrected chi connectivity index (χ2v) is 4.29. The maximum absolute atomic E-state index is 11.0. The molecule has 2 N–H and O–H groups in total. The summed E-state index contributed by atoms with van der Waals surface area (Å²) in [4.78, 5) is 11.0. The van der Waals surface area contributed by atoms with Crippen molar-refractivity contribution in [2.45, 2.75) is 6.04 Å². The van der Waals surface area contributed by atoms with E-state index in [2.05, 4.69) is 12.6 Å². The van der Waals surface area contributed by atoms with E-state index >= 15 is 0 Å². The summed E-state index contributed by atoms with van der Waals surface area (Å²) >= 11 is 4.65. The standard InChI is InChI=1S/C8H18N2O2S/c1-10(2,3)4-5-12-8(11)7(9)6-13/h7H,4-6,9H2,1-3H3/t7-/m0/s1. The molecule has 0 aromatic rings. The Bertz CT molecular complexity index is 168. The number of rotatable bonds is 5. The number of quaternary nitrogens is 1. The fourth-order valence-corrected chi connectivity index (χ4v) is 0.731. The molecule has 0 saturated heterocycles. The van der Waals surface area contributed by atoms with Crippen molar-refractivity contribution >= 4 is 18.6 Å². The summed E-state index contributed by atoms with van der Waals surface area (Å²) in [6.07, 6.45) is 0. The van der Waals surface area contributed by atoms with Gasteiger partial charge in [-0.15, -0.1) is 0 Å². The van der Waals surface area contributed by atoms with Crippen LogP contribution in [-0.4, -0.2) is 56.5 Å². The number of hydrogen-bond donors (Lipinski definition) is 1. The number of nitrogens with zero attached hydrogens (tertiary/aromatic N) is 1. The van der Waals surface area contributed by atoms with Gasteiger partial charge in [0.1, 0.15) is 13.2 Å². The van der Waals surface area contributed by atoms with E-state index in [9.17, 15) is 4.79 Å². The van der Waals surface area contributed by atoms with E-state index in [1.54, 1.807) is 0 Å². The van der Waals surface area contributed by atoms with Gasteiger partial charge >= 0.3 is 5.97 Å². The average Bonchev–Trinajstić information content (AvgIpc) is 2.00. The fraction of sp³-hybridized carbons (Fsp3) is 0.875. The Morgan fingerprint density at radius 3 is 2.46 bits per heavy atom. The molecule has 0 spiro atoms. The third kappa shape index (κ3) is 6.86. The highest BCUT2D eigenvalue weighted by atomic mass is 32.1. The van der Waals surface area contributed by atoms with Crippen LogP contribution in [0.4, 0.5) is 0 Å². The molecule has 4 nitrogen and oxygen atoms in total. The zero-order valence-electron chi connectivity index (χ0n) is 8.45. The maximum Gasteiger partial charge on any atom is 0.321 e. The number of carbonyl (C=O) groups excluding carboxylic acids is 1. The largest absolute Gasteiger partial charge is 0.791 e. The van der Waals surface area contributed by atoms with Crippen LogP contribution in [0, 0.1) is 0 Å². The molecule has 0 bridgehead atoms. The van der Waals surface area contributed by atoms with Gasteiger partial charge in [0.25, 0.3) is 0 Å². The lowest BCUT2D eigenvalue weighted by atomic mass is 10.4. The first-order valence-electron chi connectivity index (χ1n) is 4.17. The molecule has 0 aliphatic carbocycles. The molecule has 0 aromatic carbocycles. The van der Waals surface area contributed by atoms with Gasteiger partial charge in [-0.1, -0.05) is 0 Å². The van der Waals surface area contributed by atoms with Crippen LogP contribution in [0.15, 0.2) is 0 Å². The van der Waals surface area contributed by atoms with E-state index in [0.717, 1.165) is 11.0 Å². The Labute approximate surface area is 85.0 Å². The predicted molar refractivity (Wildman–Crippen MR) is 54.1 cm³/mol. The minimum atomic E-state index is -0.650. The van der Waals surface area contributed by atoms with Gasteiger partial charge in [0.05, 0.1) is 27.2 Å². The van der Waals surface area contributed by atoms with Crippen molar-refractivity contribution in [2.75, 3.05) is 40.0 Å². The molecule has 0 heterocycles. The molecule has 13 heavy (non-hydrogen) atoms. The van der Waals surface area contributed by atoms with Crippen LogP contribution in [-0.2, 0) is 22.2 Å². The summed E-state index contributed by atoms with van der Waals surface area (Å²) < 4.78 is 5.68. The van der Waals surface area contributed by atoms with Crippen molar-refractivity contribution in [3.8, 4) is 0 Å². The normalized spacial score (nSPS) is 13.9. The highest BCUT2D eigenvalue weighted by Crippen LogP contribution is 1.91. The molecule has 0 saturated carbocycles. The molecule has 0 unspecified atom stereocenters. The highest BCUT2D eigenvalue weighted by molar-refractivity contribution is 7.58. The Kier molecular flexibility index (Phi) is 5.36. The molecule has 0 radical (unpaired) electrons. The third-order valence-electron chi connectivity index (χ3n) is 1.49. The van der Waals surface area contributed by atoms with E-state index in [0.29, 0.717) is 6.61 Å². The summed E-state index contributed by atoms with van der Waals surface area (Å²) in [6.45, 7) is 1.17. The van der Waals surface area contributed by atoms with Crippen LogP contribution >= 0.6 is 0 Å². The molecule has 0 fully saturated rings. The maximum atomic E-state index is 11.0. The highest BCUT2D eigenvalue weighted by Gasteiger charge is 2.12. The van der Waals surface area contributed by atoms with Crippen molar-refractivity contribution in [2.24, 2.45) is 5.73 Å². The van der Waals surface area contributed by atoms with Crippen LogP contribution in [0.1, 0.15) is 0 Å². The molecule has 1 atom stereocenters. The molecule has 5 heteroatoms. The predicted octanol–water partition coefficient (Wildman–Crippen LogP) is -0.890. The second-order valence-electron chi connectivity index (χ2n) is 3.95. The number of likely N-dealkylation sites (N-methyl/N-ethyl adjacent to an activating group) is 1. The van der Waals surface area contributed by atoms with Crippen molar-refractivity contribution in [1.82, 2.24) is 0 Å². The molecular formula is C8H18N2O2S. The number of hydrogen-bond acceptors (Lipinski definition) is 4. The SMILES string of the molecule is C[N+](C)(C)CCOC(=O)[C@@H](N)C[S-]. The molecule has 78 valence electrons. The Morgan fingerprint density at radius 1 is 1.54 bits per heavy atom. The van der Waals surface area contributed by atoms with E-state index < -0.39 is 12.0 Å². The summed E-state index contributed by atoms with van der Waals surface area (Å²) in [5.74, 6) is -0.188. The van der Waals surface area contributed by atoms with Gasteiger partial charge in [-0.2, -0.15) is 5.75 Å². The summed E-state index contributed by atoms with van der Waals surface area (Å²) in [6, 6.07) is -0.650. The number of ether oxygens (including phenoxy) is 1. The monoisotopic (exact) mass is 206 g/mol. The quantitative estimate of drug-likeness (QED) is 0.360. The van der Waals surface area contributed by atoms with Crippen LogP contribution in [0.25, 0.3) is 0 Å². The summed E-state index contributed by atoms with van der Waals surface area (Å²) in [5.41, 5.74) is 5.38. The van der Waals surface area contributed by atoms with E-state index in [1.807, 2.05) is 21.1 Å². The van der Waals surface area contributed by atoms with Gasteiger partial charge in [0.2, 0.25) is 0 Å². The molecule has 0 aliphatic heterocycles. The lowest BCUT2D eigenvalue weighted by Gasteiger charge is -2.24.